The zero-order valence-electron chi connectivity index (χ0n) is 23.1. The summed E-state index contributed by atoms with van der Waals surface area (Å²) in [4.78, 5) is 13.6. The van der Waals surface area contributed by atoms with Gasteiger partial charge in [0.1, 0.15) is 17.7 Å². The first-order valence-electron chi connectivity index (χ1n) is 14.1. The largest absolute Gasteiger partial charge is 0.494 e. The van der Waals surface area contributed by atoms with Crippen molar-refractivity contribution in [2.24, 2.45) is 0 Å². The first-order chi connectivity index (χ1) is 19.2. The van der Waals surface area contributed by atoms with Gasteiger partial charge in [0.05, 0.1) is 12.1 Å². The molecule has 3 aromatic rings. The molecule has 7 nitrogen and oxygen atoms in total. The molecule has 1 amide bonds. The van der Waals surface area contributed by atoms with Crippen molar-refractivity contribution in [3.63, 3.8) is 0 Å². The maximum atomic E-state index is 13.9. The molecule has 0 spiro atoms. The van der Waals surface area contributed by atoms with E-state index in [0.29, 0.717) is 30.5 Å². The highest BCUT2D eigenvalue weighted by molar-refractivity contribution is 5.81. The van der Waals surface area contributed by atoms with Gasteiger partial charge in [-0.3, -0.25) is 9.36 Å². The third kappa shape index (κ3) is 6.82. The fourth-order valence-corrected chi connectivity index (χ4v) is 5.58. The third-order valence-electron chi connectivity index (χ3n) is 7.72. The van der Waals surface area contributed by atoms with E-state index in [4.69, 9.17) is 0 Å². The number of nitrogens with zero attached hydrogens (tertiary/aromatic N) is 1. The van der Waals surface area contributed by atoms with Gasteiger partial charge in [-0.15, -0.1) is 0 Å². The van der Waals surface area contributed by atoms with Crippen LogP contribution in [0.3, 0.4) is 0 Å². The van der Waals surface area contributed by atoms with Crippen LogP contribution >= 0.6 is 0 Å². The van der Waals surface area contributed by atoms with Crippen LogP contribution in [-0.2, 0) is 37.0 Å². The lowest BCUT2D eigenvalue weighted by Crippen LogP contribution is -2.50. The lowest BCUT2D eigenvalue weighted by atomic mass is 9.95. The van der Waals surface area contributed by atoms with Crippen molar-refractivity contribution >= 4 is 5.91 Å². The number of halogens is 2. The number of aryl methyl sites for hydroxylation is 1. The Morgan fingerprint density at radius 3 is 2.17 bits per heavy atom. The number of rotatable bonds is 12. The average molecular weight is 556 g/mol. The predicted molar refractivity (Wildman–Crippen MR) is 149 cm³/mol. The molecule has 40 heavy (non-hydrogen) atoms. The van der Waals surface area contributed by atoms with E-state index in [0.717, 1.165) is 30.9 Å². The van der Waals surface area contributed by atoms with Crippen LogP contribution in [-0.4, -0.2) is 44.5 Å². The highest BCUT2D eigenvalue weighted by Crippen LogP contribution is 2.41. The van der Waals surface area contributed by atoms with Gasteiger partial charge in [0.15, 0.2) is 11.8 Å². The van der Waals surface area contributed by atoms with Crippen molar-refractivity contribution in [1.82, 2.24) is 15.2 Å². The molecule has 5 N–H and O–H groups in total. The molecule has 3 atom stereocenters. The summed E-state index contributed by atoms with van der Waals surface area (Å²) in [5, 5.41) is 39.0. The van der Waals surface area contributed by atoms with Gasteiger partial charge in [0.25, 0.3) is 0 Å². The van der Waals surface area contributed by atoms with Crippen LogP contribution in [0.25, 0.3) is 0 Å². The molecular weight excluding hydrogens is 516 g/mol. The summed E-state index contributed by atoms with van der Waals surface area (Å²) in [6, 6.07) is 9.37. The highest BCUT2D eigenvalue weighted by Gasteiger charge is 2.33. The van der Waals surface area contributed by atoms with E-state index in [9.17, 15) is 28.9 Å². The second-order valence-electron chi connectivity index (χ2n) is 10.6. The Morgan fingerprint density at radius 1 is 0.950 bits per heavy atom. The smallest absolute Gasteiger partial charge is 0.243 e. The number of aliphatic hydroxyl groups excluding tert-OH is 1. The number of benzene rings is 2. The van der Waals surface area contributed by atoms with Crippen LogP contribution in [0.15, 0.2) is 42.5 Å². The maximum absolute atomic E-state index is 13.9. The van der Waals surface area contributed by atoms with E-state index in [1.807, 2.05) is 18.2 Å². The third-order valence-corrected chi connectivity index (χ3v) is 7.72. The maximum Gasteiger partial charge on any atom is 0.243 e. The van der Waals surface area contributed by atoms with Crippen molar-refractivity contribution in [1.29, 1.82) is 0 Å². The molecule has 9 heteroatoms. The van der Waals surface area contributed by atoms with Crippen LogP contribution in [0.2, 0.25) is 0 Å². The lowest BCUT2D eigenvalue weighted by Gasteiger charge is -2.28. The van der Waals surface area contributed by atoms with E-state index in [1.165, 1.54) is 22.3 Å². The Bertz CT molecular complexity index is 1280. The quantitative estimate of drug-likeness (QED) is 0.227. The molecule has 0 bridgehead atoms. The minimum atomic E-state index is -1.10. The molecule has 0 saturated heterocycles. The first kappa shape index (κ1) is 29.6. The second kappa shape index (κ2) is 13.3. The summed E-state index contributed by atoms with van der Waals surface area (Å²) in [5.74, 6) is -2.24. The van der Waals surface area contributed by atoms with Crippen molar-refractivity contribution in [2.45, 2.75) is 83.5 Å². The van der Waals surface area contributed by atoms with E-state index in [1.54, 1.807) is 6.92 Å². The van der Waals surface area contributed by atoms with Crippen LogP contribution in [0.1, 0.15) is 67.0 Å². The van der Waals surface area contributed by atoms with Gasteiger partial charge in [0.2, 0.25) is 5.91 Å². The van der Waals surface area contributed by atoms with Gasteiger partial charge < -0.3 is 26.0 Å². The zero-order chi connectivity index (χ0) is 28.8. The van der Waals surface area contributed by atoms with Crippen LogP contribution in [0.5, 0.6) is 11.8 Å². The minimum absolute atomic E-state index is 0.0227. The molecule has 1 aromatic heterocycles. The van der Waals surface area contributed by atoms with Gasteiger partial charge >= 0.3 is 0 Å². The van der Waals surface area contributed by atoms with E-state index < -0.39 is 35.7 Å². The Kier molecular flexibility index (Phi) is 9.81. The molecule has 216 valence electrons. The monoisotopic (exact) mass is 555 g/mol. The number of hydrogen-bond acceptors (Lipinski definition) is 5. The molecular formula is C31H39F2N3O4. The number of carbonyl (C=O) groups is 1. The Balaban J connectivity index is 1.53. The van der Waals surface area contributed by atoms with Crippen molar-refractivity contribution in [2.75, 3.05) is 6.54 Å². The topological polar surface area (TPSA) is 107 Å². The standard InChI is InChI=1S/C31H39F2N3O4/c1-3-19-8-7-9-20(12-19)17-34-18-28(37)26(15-21-13-22(32)16-23(33)14-21)35-29(38)27(4-2)36-30(39)24-10-5-6-11-25(24)31(36)40/h7-9,12-14,16,26-28,34,37,39-40H,3-6,10-11,15,17-18H2,1-2H3,(H,35,38). The lowest BCUT2D eigenvalue weighted by molar-refractivity contribution is -0.126. The molecule has 3 unspecified atom stereocenters. The SMILES string of the molecule is CCc1cccc(CNCC(O)C(Cc2cc(F)cc(F)c2)NC(=O)C(CC)n2c(O)c3c(c2O)CCCC3)c1. The Morgan fingerprint density at radius 2 is 1.57 bits per heavy atom. The van der Waals surface area contributed by atoms with Crippen LogP contribution < -0.4 is 10.6 Å². The summed E-state index contributed by atoms with van der Waals surface area (Å²) >= 11 is 0. The normalized spacial score (nSPS) is 15.3. The number of nitrogens with one attached hydrogen (secondary N) is 2. The fourth-order valence-electron chi connectivity index (χ4n) is 5.58. The number of carbonyl (C=O) groups excluding carboxylic acids is 1. The average Bonchev–Trinajstić information content (AvgIpc) is 3.18. The minimum Gasteiger partial charge on any atom is -0.494 e. The number of aromatic nitrogens is 1. The molecule has 1 aliphatic carbocycles. The van der Waals surface area contributed by atoms with Crippen LogP contribution in [0.4, 0.5) is 8.78 Å². The summed E-state index contributed by atoms with van der Waals surface area (Å²) in [7, 11) is 0. The number of aliphatic hydroxyl groups is 1. The van der Waals surface area contributed by atoms with Gasteiger partial charge in [0, 0.05) is 30.3 Å². The Labute approximate surface area is 233 Å². The van der Waals surface area contributed by atoms with E-state index in [-0.39, 0.29) is 36.7 Å². The van der Waals surface area contributed by atoms with Gasteiger partial charge in [-0.1, -0.05) is 38.1 Å². The molecule has 1 heterocycles. The number of hydrogen-bond donors (Lipinski definition) is 5. The number of fused-ring (bicyclic) bond motifs is 1. The number of aromatic hydroxyl groups is 2. The molecule has 0 radical (unpaired) electrons. The summed E-state index contributed by atoms with van der Waals surface area (Å²) in [5.41, 5.74) is 3.86. The first-order valence-corrected chi connectivity index (χ1v) is 14.1. The molecule has 0 aliphatic heterocycles. The van der Waals surface area contributed by atoms with Crippen LogP contribution in [0, 0.1) is 11.6 Å². The predicted octanol–water partition coefficient (Wildman–Crippen LogP) is 4.45. The fraction of sp³-hybridized carbons (Fsp3) is 0.452. The van der Waals surface area contributed by atoms with Gasteiger partial charge in [-0.2, -0.15) is 0 Å². The summed E-state index contributed by atoms with van der Waals surface area (Å²) < 4.78 is 29.1. The van der Waals surface area contributed by atoms with Crippen molar-refractivity contribution in [3.05, 3.63) is 81.9 Å². The summed E-state index contributed by atoms with van der Waals surface area (Å²) in [6.45, 7) is 4.45. The van der Waals surface area contributed by atoms with Gasteiger partial charge in [-0.05, 0) is 73.8 Å². The second-order valence-corrected chi connectivity index (χ2v) is 10.6. The van der Waals surface area contributed by atoms with Crippen molar-refractivity contribution < 1.29 is 28.9 Å². The van der Waals surface area contributed by atoms with E-state index in [2.05, 4.69) is 23.6 Å². The van der Waals surface area contributed by atoms with Crippen molar-refractivity contribution in [3.8, 4) is 11.8 Å². The zero-order valence-corrected chi connectivity index (χ0v) is 23.1. The Hall–Kier alpha value is -3.43. The molecule has 0 saturated carbocycles. The van der Waals surface area contributed by atoms with E-state index >= 15 is 0 Å². The molecule has 1 aliphatic rings. The molecule has 4 rings (SSSR count). The highest BCUT2D eigenvalue weighted by atomic mass is 19.1. The van der Waals surface area contributed by atoms with Gasteiger partial charge in [-0.25, -0.2) is 8.78 Å². The summed E-state index contributed by atoms with van der Waals surface area (Å²) in [6.07, 6.45) is 3.08. The number of amides is 1. The molecule has 2 aromatic carbocycles. The molecule has 0 fully saturated rings.